The molecule has 1 aliphatic rings. The van der Waals surface area contributed by atoms with Crippen LogP contribution in [0.25, 0.3) is 0 Å². The molecule has 72 valence electrons. The van der Waals surface area contributed by atoms with Crippen molar-refractivity contribution in [2.24, 2.45) is 0 Å². The normalized spacial score (nSPS) is 16.7. The van der Waals surface area contributed by atoms with E-state index in [1.807, 2.05) is 13.8 Å². The van der Waals surface area contributed by atoms with Gasteiger partial charge in [0.25, 0.3) is 0 Å². The zero-order valence-electron chi connectivity index (χ0n) is 8.88. The third-order valence-corrected chi connectivity index (χ3v) is 1.89. The maximum absolute atomic E-state index is 2.34. The summed E-state index contributed by atoms with van der Waals surface area (Å²) in [6, 6.07) is 0. The number of nitrogens with zero attached hydrogens (tertiary/aromatic N) is 2. The summed E-state index contributed by atoms with van der Waals surface area (Å²) in [4.78, 5) is 4.57. The molecular weight excluding hydrogens is 148 g/mol. The maximum Gasteiger partial charge on any atom is 0.0189 e. The van der Waals surface area contributed by atoms with Crippen molar-refractivity contribution >= 4 is 0 Å². The van der Waals surface area contributed by atoms with Gasteiger partial charge in [0.05, 0.1) is 0 Å². The molecule has 0 saturated carbocycles. The monoisotopic (exact) mass is 170 g/mol. The Kier molecular flexibility index (Phi) is 6.63. The Morgan fingerprint density at radius 1 is 1.17 bits per heavy atom. The molecule has 0 atom stereocenters. The van der Waals surface area contributed by atoms with Gasteiger partial charge in [0.2, 0.25) is 0 Å². The molecule has 0 aromatic heterocycles. The molecule has 0 bridgehead atoms. The summed E-state index contributed by atoms with van der Waals surface area (Å²) in [7, 11) is 2.12. The molecule has 2 heteroatoms. The van der Waals surface area contributed by atoms with Crippen LogP contribution in [-0.2, 0) is 0 Å². The maximum atomic E-state index is 2.34. The topological polar surface area (TPSA) is 6.48 Å². The smallest absolute Gasteiger partial charge is 0.0189 e. The SMILES string of the molecule is CC.CCN1C=CN(C)CCC1. The molecular formula is C10H22N2. The highest BCUT2D eigenvalue weighted by atomic mass is 15.2. The third-order valence-electron chi connectivity index (χ3n) is 1.89. The Balaban J connectivity index is 0.000000561. The summed E-state index contributed by atoms with van der Waals surface area (Å²) >= 11 is 0. The van der Waals surface area contributed by atoms with E-state index in [1.54, 1.807) is 0 Å². The van der Waals surface area contributed by atoms with E-state index in [1.165, 1.54) is 19.5 Å². The lowest BCUT2D eigenvalue weighted by Gasteiger charge is -2.14. The molecule has 1 heterocycles. The average Bonchev–Trinajstić information content (AvgIpc) is 2.33. The third kappa shape index (κ3) is 4.27. The van der Waals surface area contributed by atoms with Crippen molar-refractivity contribution < 1.29 is 0 Å². The van der Waals surface area contributed by atoms with E-state index >= 15 is 0 Å². The van der Waals surface area contributed by atoms with Gasteiger partial charge in [-0.3, -0.25) is 0 Å². The van der Waals surface area contributed by atoms with Crippen LogP contribution >= 0.6 is 0 Å². The van der Waals surface area contributed by atoms with Crippen molar-refractivity contribution in [2.75, 3.05) is 26.7 Å². The largest absolute Gasteiger partial charge is 0.379 e. The molecule has 2 nitrogen and oxygen atoms in total. The fourth-order valence-corrected chi connectivity index (χ4v) is 1.14. The lowest BCUT2D eigenvalue weighted by Crippen LogP contribution is -2.17. The van der Waals surface area contributed by atoms with Crippen LogP contribution in [0, 0.1) is 0 Å². The Bertz CT molecular complexity index is 121. The molecule has 1 rings (SSSR count). The Morgan fingerprint density at radius 3 is 2.42 bits per heavy atom. The molecule has 0 amide bonds. The second kappa shape index (κ2) is 7.01. The van der Waals surface area contributed by atoms with E-state index in [9.17, 15) is 0 Å². The highest BCUT2D eigenvalue weighted by Gasteiger charge is 2.01. The lowest BCUT2D eigenvalue weighted by atomic mass is 10.4. The molecule has 0 saturated heterocycles. The average molecular weight is 170 g/mol. The van der Waals surface area contributed by atoms with Crippen LogP contribution in [0.2, 0.25) is 0 Å². The van der Waals surface area contributed by atoms with Crippen LogP contribution in [0.3, 0.4) is 0 Å². The summed E-state index contributed by atoms with van der Waals surface area (Å²) in [6.45, 7) is 9.71. The fraction of sp³-hybridized carbons (Fsp3) is 0.800. The van der Waals surface area contributed by atoms with Crippen LogP contribution in [0.1, 0.15) is 27.2 Å². The minimum atomic E-state index is 1.13. The van der Waals surface area contributed by atoms with E-state index in [4.69, 9.17) is 0 Å². The van der Waals surface area contributed by atoms with Gasteiger partial charge in [0.15, 0.2) is 0 Å². The number of rotatable bonds is 1. The van der Waals surface area contributed by atoms with Gasteiger partial charge >= 0.3 is 0 Å². The Morgan fingerprint density at radius 2 is 1.83 bits per heavy atom. The van der Waals surface area contributed by atoms with E-state index in [-0.39, 0.29) is 0 Å². The number of hydrogen-bond donors (Lipinski definition) is 0. The van der Waals surface area contributed by atoms with Crippen LogP contribution in [0.4, 0.5) is 0 Å². The van der Waals surface area contributed by atoms with Crippen LogP contribution in [-0.4, -0.2) is 36.5 Å². The van der Waals surface area contributed by atoms with Crippen molar-refractivity contribution in [3.8, 4) is 0 Å². The van der Waals surface area contributed by atoms with Gasteiger partial charge in [0, 0.05) is 39.1 Å². The molecule has 0 radical (unpaired) electrons. The van der Waals surface area contributed by atoms with Crippen molar-refractivity contribution in [1.82, 2.24) is 9.80 Å². The van der Waals surface area contributed by atoms with Crippen LogP contribution in [0.5, 0.6) is 0 Å². The molecule has 0 aromatic carbocycles. The molecule has 0 spiro atoms. The molecule has 0 unspecified atom stereocenters. The zero-order valence-corrected chi connectivity index (χ0v) is 8.88. The van der Waals surface area contributed by atoms with E-state index in [2.05, 4.69) is 36.2 Å². The van der Waals surface area contributed by atoms with Crippen molar-refractivity contribution in [3.63, 3.8) is 0 Å². The second-order valence-corrected chi connectivity index (χ2v) is 2.76. The van der Waals surface area contributed by atoms with Crippen molar-refractivity contribution in [1.29, 1.82) is 0 Å². The summed E-state index contributed by atoms with van der Waals surface area (Å²) in [5.41, 5.74) is 0. The van der Waals surface area contributed by atoms with Gasteiger partial charge < -0.3 is 9.80 Å². The minimum Gasteiger partial charge on any atom is -0.379 e. The predicted molar refractivity (Wildman–Crippen MR) is 55.0 cm³/mol. The molecule has 0 aromatic rings. The molecule has 0 fully saturated rings. The summed E-state index contributed by atoms with van der Waals surface area (Å²) in [5.74, 6) is 0. The standard InChI is InChI=1S/C8H16N2.C2H6/c1-3-10-6-4-5-9(2)7-8-10;1-2/h7-8H,3-6H2,1-2H3;1-2H3. The van der Waals surface area contributed by atoms with Crippen LogP contribution < -0.4 is 0 Å². The van der Waals surface area contributed by atoms with Crippen molar-refractivity contribution in [3.05, 3.63) is 12.4 Å². The lowest BCUT2D eigenvalue weighted by molar-refractivity contribution is 0.385. The first kappa shape index (κ1) is 11.3. The summed E-state index contributed by atoms with van der Waals surface area (Å²) in [6.07, 6.45) is 5.60. The first-order valence-electron chi connectivity index (χ1n) is 4.95. The zero-order chi connectivity index (χ0) is 9.40. The van der Waals surface area contributed by atoms with Crippen molar-refractivity contribution in [2.45, 2.75) is 27.2 Å². The van der Waals surface area contributed by atoms with Crippen LogP contribution in [0.15, 0.2) is 12.4 Å². The van der Waals surface area contributed by atoms with Gasteiger partial charge in [-0.1, -0.05) is 13.8 Å². The molecule has 1 aliphatic heterocycles. The first-order valence-corrected chi connectivity index (χ1v) is 4.95. The Hall–Kier alpha value is -0.660. The number of hydrogen-bond acceptors (Lipinski definition) is 2. The minimum absolute atomic E-state index is 1.13. The highest BCUT2D eigenvalue weighted by Crippen LogP contribution is 2.00. The molecule has 0 aliphatic carbocycles. The van der Waals surface area contributed by atoms with Gasteiger partial charge in [0.1, 0.15) is 0 Å². The predicted octanol–water partition coefficient (Wildman–Crippen LogP) is 2.14. The van der Waals surface area contributed by atoms with Gasteiger partial charge in [-0.05, 0) is 13.3 Å². The van der Waals surface area contributed by atoms with E-state index in [0.29, 0.717) is 0 Å². The van der Waals surface area contributed by atoms with Gasteiger partial charge in [-0.25, -0.2) is 0 Å². The fourth-order valence-electron chi connectivity index (χ4n) is 1.14. The van der Waals surface area contributed by atoms with Gasteiger partial charge in [-0.2, -0.15) is 0 Å². The van der Waals surface area contributed by atoms with E-state index < -0.39 is 0 Å². The second-order valence-electron chi connectivity index (χ2n) is 2.76. The highest BCUT2D eigenvalue weighted by molar-refractivity contribution is 4.84. The molecule has 12 heavy (non-hydrogen) atoms. The summed E-state index contributed by atoms with van der Waals surface area (Å²) < 4.78 is 0. The quantitative estimate of drug-likeness (QED) is 0.595. The molecule has 0 N–H and O–H groups in total. The van der Waals surface area contributed by atoms with Gasteiger partial charge in [-0.15, -0.1) is 0 Å². The van der Waals surface area contributed by atoms with E-state index in [0.717, 1.165) is 6.54 Å². The Labute approximate surface area is 76.9 Å². The summed E-state index contributed by atoms with van der Waals surface area (Å²) in [5, 5.41) is 0. The first-order chi connectivity index (χ1) is 5.83.